The molecule has 4 rings (SSSR count). The first kappa shape index (κ1) is 22.8. The summed E-state index contributed by atoms with van der Waals surface area (Å²) in [7, 11) is 1.52. The van der Waals surface area contributed by atoms with Crippen LogP contribution in [0.15, 0.2) is 72.8 Å². The topological polar surface area (TPSA) is 94.2 Å². The van der Waals surface area contributed by atoms with Gasteiger partial charge in [0.2, 0.25) is 5.91 Å². The van der Waals surface area contributed by atoms with Gasteiger partial charge in [-0.25, -0.2) is 0 Å². The number of methoxy groups -OCH3 is 1. The van der Waals surface area contributed by atoms with Crippen molar-refractivity contribution in [2.24, 2.45) is 0 Å². The highest BCUT2D eigenvalue weighted by atomic mass is 16.5. The number of rotatable bonds is 9. The molecule has 1 N–H and O–H groups in total. The van der Waals surface area contributed by atoms with Crippen LogP contribution in [0.4, 0.5) is 5.69 Å². The maximum absolute atomic E-state index is 12.8. The normalized spacial score (nSPS) is 12.4. The summed E-state index contributed by atoms with van der Waals surface area (Å²) < 4.78 is 16.3. The first-order valence-corrected chi connectivity index (χ1v) is 10.7. The Morgan fingerprint density at radius 3 is 2.50 bits per heavy atom. The Labute approximate surface area is 197 Å². The second-order valence-electron chi connectivity index (χ2n) is 7.58. The Bertz CT molecular complexity index is 1190. The average Bonchev–Trinajstić information content (AvgIpc) is 2.88. The van der Waals surface area contributed by atoms with Crippen molar-refractivity contribution in [2.75, 3.05) is 31.8 Å². The summed E-state index contributed by atoms with van der Waals surface area (Å²) in [6.45, 7) is -0.226. The fraction of sp³-hybridized carbons (Fsp3) is 0.192. The Morgan fingerprint density at radius 2 is 1.74 bits per heavy atom. The summed E-state index contributed by atoms with van der Waals surface area (Å²) >= 11 is 0. The predicted octanol–water partition coefficient (Wildman–Crippen LogP) is 3.00. The van der Waals surface area contributed by atoms with Crippen LogP contribution >= 0.6 is 0 Å². The Morgan fingerprint density at radius 1 is 1.00 bits per heavy atom. The third kappa shape index (κ3) is 5.35. The quantitative estimate of drug-likeness (QED) is 0.494. The number of Topliss-reactive ketones (excluding diaryl/α,β-unsaturated/α-hetero) is 1. The van der Waals surface area contributed by atoms with Gasteiger partial charge < -0.3 is 19.5 Å². The minimum absolute atomic E-state index is 0.177. The lowest BCUT2D eigenvalue weighted by molar-refractivity contribution is -0.125. The molecule has 0 spiro atoms. The zero-order valence-electron chi connectivity index (χ0n) is 18.7. The van der Waals surface area contributed by atoms with Gasteiger partial charge in [-0.2, -0.15) is 0 Å². The lowest BCUT2D eigenvalue weighted by Gasteiger charge is -2.29. The summed E-state index contributed by atoms with van der Waals surface area (Å²) in [5.74, 6) is 0.426. The summed E-state index contributed by atoms with van der Waals surface area (Å²) in [5, 5.41) is 2.81. The third-order valence-corrected chi connectivity index (χ3v) is 5.29. The van der Waals surface area contributed by atoms with Gasteiger partial charge >= 0.3 is 0 Å². The summed E-state index contributed by atoms with van der Waals surface area (Å²) in [4.78, 5) is 39.2. The van der Waals surface area contributed by atoms with Crippen molar-refractivity contribution in [3.8, 4) is 17.2 Å². The molecule has 174 valence electrons. The first-order chi connectivity index (χ1) is 16.5. The van der Waals surface area contributed by atoms with Gasteiger partial charge in [0.1, 0.15) is 12.3 Å². The number of amides is 2. The molecule has 8 heteroatoms. The van der Waals surface area contributed by atoms with Gasteiger partial charge in [0.05, 0.1) is 12.8 Å². The second-order valence-corrected chi connectivity index (χ2v) is 7.58. The zero-order chi connectivity index (χ0) is 23.9. The van der Waals surface area contributed by atoms with Crippen LogP contribution in [-0.4, -0.2) is 44.5 Å². The SMILES string of the molecule is COc1ccccc1OCC(=O)c1ccc2c(c1)N(CC(=O)NCc1ccccc1)C(=O)CO2. The lowest BCUT2D eigenvalue weighted by atomic mass is 10.1. The van der Waals surface area contributed by atoms with Crippen LogP contribution in [0.5, 0.6) is 17.2 Å². The minimum atomic E-state index is -0.364. The van der Waals surface area contributed by atoms with Gasteiger partial charge in [-0.1, -0.05) is 42.5 Å². The van der Waals surface area contributed by atoms with Crippen LogP contribution in [0.1, 0.15) is 15.9 Å². The van der Waals surface area contributed by atoms with Gasteiger partial charge in [-0.3, -0.25) is 19.3 Å². The molecule has 2 amide bonds. The predicted molar refractivity (Wildman–Crippen MR) is 125 cm³/mol. The van der Waals surface area contributed by atoms with E-state index in [1.807, 2.05) is 30.3 Å². The number of carbonyl (C=O) groups is 3. The van der Waals surface area contributed by atoms with E-state index in [9.17, 15) is 14.4 Å². The molecule has 0 bridgehead atoms. The summed E-state index contributed by atoms with van der Waals surface area (Å²) in [6, 6.07) is 21.3. The largest absolute Gasteiger partial charge is 0.493 e. The number of benzene rings is 3. The summed E-state index contributed by atoms with van der Waals surface area (Å²) in [6.07, 6.45) is 0. The van der Waals surface area contributed by atoms with Crippen molar-refractivity contribution in [1.82, 2.24) is 5.32 Å². The number of ether oxygens (including phenoxy) is 3. The number of hydrogen-bond donors (Lipinski definition) is 1. The number of ketones is 1. The van der Waals surface area contributed by atoms with E-state index in [0.29, 0.717) is 35.0 Å². The van der Waals surface area contributed by atoms with Gasteiger partial charge in [0.15, 0.2) is 30.5 Å². The fourth-order valence-electron chi connectivity index (χ4n) is 3.51. The number of fused-ring (bicyclic) bond motifs is 1. The number of nitrogens with zero attached hydrogens (tertiary/aromatic N) is 1. The van der Waals surface area contributed by atoms with E-state index in [1.165, 1.54) is 12.0 Å². The smallest absolute Gasteiger partial charge is 0.265 e. The number of para-hydroxylation sites is 2. The van der Waals surface area contributed by atoms with Crippen molar-refractivity contribution in [1.29, 1.82) is 0 Å². The Hall–Kier alpha value is -4.33. The second kappa shape index (κ2) is 10.5. The number of hydrogen-bond acceptors (Lipinski definition) is 6. The molecular formula is C26H24N2O6. The van der Waals surface area contributed by atoms with Crippen molar-refractivity contribution < 1.29 is 28.6 Å². The van der Waals surface area contributed by atoms with Crippen molar-refractivity contribution in [3.05, 3.63) is 83.9 Å². The van der Waals surface area contributed by atoms with Crippen molar-refractivity contribution >= 4 is 23.3 Å². The van der Waals surface area contributed by atoms with E-state index >= 15 is 0 Å². The average molecular weight is 460 g/mol. The van der Waals surface area contributed by atoms with Gasteiger partial charge in [0, 0.05) is 12.1 Å². The zero-order valence-corrected chi connectivity index (χ0v) is 18.7. The molecule has 0 saturated heterocycles. The van der Waals surface area contributed by atoms with Gasteiger partial charge in [-0.05, 0) is 35.9 Å². The molecule has 34 heavy (non-hydrogen) atoms. The highest BCUT2D eigenvalue weighted by Gasteiger charge is 2.28. The van der Waals surface area contributed by atoms with Crippen molar-refractivity contribution in [2.45, 2.75) is 6.54 Å². The molecule has 1 aliphatic rings. The van der Waals surface area contributed by atoms with E-state index in [-0.39, 0.29) is 37.4 Å². The first-order valence-electron chi connectivity index (χ1n) is 10.7. The van der Waals surface area contributed by atoms with Crippen molar-refractivity contribution in [3.63, 3.8) is 0 Å². The molecule has 8 nitrogen and oxygen atoms in total. The minimum Gasteiger partial charge on any atom is -0.493 e. The molecule has 0 radical (unpaired) electrons. The van der Waals surface area contributed by atoms with E-state index in [1.54, 1.807) is 42.5 Å². The highest BCUT2D eigenvalue weighted by molar-refractivity contribution is 6.04. The van der Waals surface area contributed by atoms with Crippen LogP contribution in [0.2, 0.25) is 0 Å². The van der Waals surface area contributed by atoms with Gasteiger partial charge in [0.25, 0.3) is 5.91 Å². The monoisotopic (exact) mass is 460 g/mol. The standard InChI is InChI=1S/C26H24N2O6/c1-32-23-9-5-6-10-24(23)33-16-21(29)19-11-12-22-20(13-19)28(26(31)17-34-22)15-25(30)27-14-18-7-3-2-4-8-18/h2-13H,14-17H2,1H3,(H,27,30). The van der Waals surface area contributed by atoms with Crippen LogP contribution in [0.3, 0.4) is 0 Å². The van der Waals surface area contributed by atoms with Crippen LogP contribution < -0.4 is 24.4 Å². The molecule has 0 aliphatic carbocycles. The molecule has 0 atom stereocenters. The van der Waals surface area contributed by atoms with E-state index in [4.69, 9.17) is 14.2 Å². The number of nitrogens with one attached hydrogen (secondary N) is 1. The molecule has 0 fully saturated rings. The summed E-state index contributed by atoms with van der Waals surface area (Å²) in [5.41, 5.74) is 1.66. The molecule has 1 aliphatic heterocycles. The molecule has 3 aromatic carbocycles. The highest BCUT2D eigenvalue weighted by Crippen LogP contribution is 2.33. The van der Waals surface area contributed by atoms with Crippen LogP contribution in [0, 0.1) is 0 Å². The maximum Gasteiger partial charge on any atom is 0.265 e. The number of carbonyl (C=O) groups excluding carboxylic acids is 3. The fourth-order valence-corrected chi connectivity index (χ4v) is 3.51. The molecule has 0 aromatic heterocycles. The third-order valence-electron chi connectivity index (χ3n) is 5.29. The molecule has 0 unspecified atom stereocenters. The molecule has 0 saturated carbocycles. The number of anilines is 1. The van der Waals surface area contributed by atoms with E-state index in [2.05, 4.69) is 5.32 Å². The van der Waals surface area contributed by atoms with Crippen LogP contribution in [0.25, 0.3) is 0 Å². The lowest BCUT2D eigenvalue weighted by Crippen LogP contribution is -2.45. The van der Waals surface area contributed by atoms with E-state index < -0.39 is 0 Å². The molecule has 1 heterocycles. The Balaban J connectivity index is 1.45. The van der Waals surface area contributed by atoms with E-state index in [0.717, 1.165) is 5.56 Å². The molecular weight excluding hydrogens is 436 g/mol. The van der Waals surface area contributed by atoms with Crippen LogP contribution in [-0.2, 0) is 16.1 Å². The van der Waals surface area contributed by atoms with Gasteiger partial charge in [-0.15, -0.1) is 0 Å². The molecule has 3 aromatic rings. The maximum atomic E-state index is 12.8. The Kier molecular flexibility index (Phi) is 7.07.